The van der Waals surface area contributed by atoms with Crippen molar-refractivity contribution in [2.45, 2.75) is 12.5 Å². The van der Waals surface area contributed by atoms with Crippen molar-refractivity contribution in [3.63, 3.8) is 0 Å². The van der Waals surface area contributed by atoms with Crippen molar-refractivity contribution >= 4 is 0 Å². The SMILES string of the molecule is N#C[C@@H]1NC[C@H]2C[C@H]21. The maximum Gasteiger partial charge on any atom is 0.0984 e. The second-order valence-electron chi connectivity index (χ2n) is 2.67. The monoisotopic (exact) mass is 108 g/mol. The predicted octanol–water partition coefficient (Wildman–Crippen LogP) is 0.118. The maximum atomic E-state index is 8.45. The molecular formula is C6H8N2. The van der Waals surface area contributed by atoms with Gasteiger partial charge in [0.15, 0.2) is 0 Å². The minimum atomic E-state index is 0.194. The van der Waals surface area contributed by atoms with Gasteiger partial charge in [0.05, 0.1) is 12.1 Å². The normalized spacial score (nSPS) is 50.1. The van der Waals surface area contributed by atoms with Crippen LogP contribution in [0.15, 0.2) is 0 Å². The molecule has 0 aromatic rings. The topological polar surface area (TPSA) is 35.8 Å². The molecule has 8 heavy (non-hydrogen) atoms. The number of hydrogen-bond acceptors (Lipinski definition) is 2. The van der Waals surface area contributed by atoms with Crippen LogP contribution in [0.1, 0.15) is 6.42 Å². The van der Waals surface area contributed by atoms with Crippen LogP contribution in [0.25, 0.3) is 0 Å². The van der Waals surface area contributed by atoms with Crippen LogP contribution < -0.4 is 5.32 Å². The van der Waals surface area contributed by atoms with Crippen molar-refractivity contribution in [2.75, 3.05) is 6.54 Å². The Kier molecular flexibility index (Phi) is 0.671. The first-order valence-corrected chi connectivity index (χ1v) is 3.05. The van der Waals surface area contributed by atoms with E-state index in [1.165, 1.54) is 6.42 Å². The van der Waals surface area contributed by atoms with Crippen LogP contribution in [0, 0.1) is 23.2 Å². The first kappa shape index (κ1) is 4.34. The molecule has 2 nitrogen and oxygen atoms in total. The van der Waals surface area contributed by atoms with Gasteiger partial charge in [-0.2, -0.15) is 5.26 Å². The molecular weight excluding hydrogens is 100 g/mol. The Hall–Kier alpha value is -0.550. The summed E-state index contributed by atoms with van der Waals surface area (Å²) in [6.07, 6.45) is 1.30. The molecule has 2 aliphatic rings. The Labute approximate surface area is 48.5 Å². The van der Waals surface area contributed by atoms with E-state index in [2.05, 4.69) is 11.4 Å². The van der Waals surface area contributed by atoms with Gasteiger partial charge in [0.25, 0.3) is 0 Å². The highest BCUT2D eigenvalue weighted by molar-refractivity contribution is 5.11. The molecule has 1 aliphatic heterocycles. The van der Waals surface area contributed by atoms with Crippen LogP contribution in [0.3, 0.4) is 0 Å². The Morgan fingerprint density at radius 1 is 1.62 bits per heavy atom. The standard InChI is InChI=1S/C6H8N2/c7-2-6-5-1-4(5)3-8-6/h4-6,8H,1,3H2/t4-,5-,6+/m1/s1. The first-order valence-electron chi connectivity index (χ1n) is 3.05. The Morgan fingerprint density at radius 3 is 2.75 bits per heavy atom. The Morgan fingerprint density at radius 2 is 2.50 bits per heavy atom. The summed E-state index contributed by atoms with van der Waals surface area (Å²) >= 11 is 0. The lowest BCUT2D eigenvalue weighted by atomic mass is 10.2. The molecule has 1 aliphatic carbocycles. The van der Waals surface area contributed by atoms with Gasteiger partial charge in [-0.1, -0.05) is 0 Å². The predicted molar refractivity (Wildman–Crippen MR) is 29.0 cm³/mol. The third kappa shape index (κ3) is 0.399. The molecule has 2 rings (SSSR count). The molecule has 0 aromatic heterocycles. The smallest absolute Gasteiger partial charge is 0.0984 e. The zero-order valence-corrected chi connectivity index (χ0v) is 4.59. The number of rotatable bonds is 0. The van der Waals surface area contributed by atoms with E-state index in [1.54, 1.807) is 0 Å². The first-order chi connectivity index (χ1) is 3.92. The molecule has 1 saturated heterocycles. The molecule has 0 radical (unpaired) electrons. The second-order valence-corrected chi connectivity index (χ2v) is 2.67. The summed E-state index contributed by atoms with van der Waals surface area (Å²) in [6.45, 7) is 1.09. The highest BCUT2D eigenvalue weighted by Gasteiger charge is 2.48. The van der Waals surface area contributed by atoms with Gasteiger partial charge < -0.3 is 5.32 Å². The van der Waals surface area contributed by atoms with E-state index < -0.39 is 0 Å². The Bertz CT molecular complexity index is 147. The molecule has 2 fully saturated rings. The van der Waals surface area contributed by atoms with E-state index in [-0.39, 0.29) is 6.04 Å². The molecule has 3 atom stereocenters. The Balaban J connectivity index is 2.09. The zero-order valence-electron chi connectivity index (χ0n) is 4.59. The number of nitrogens with one attached hydrogen (secondary N) is 1. The zero-order chi connectivity index (χ0) is 5.56. The molecule has 0 unspecified atom stereocenters. The lowest BCUT2D eigenvalue weighted by molar-refractivity contribution is 0.640. The van der Waals surface area contributed by atoms with E-state index in [1.807, 2.05) is 0 Å². The summed E-state index contributed by atoms with van der Waals surface area (Å²) in [6, 6.07) is 2.44. The van der Waals surface area contributed by atoms with Crippen molar-refractivity contribution in [1.29, 1.82) is 5.26 Å². The summed E-state index contributed by atoms with van der Waals surface area (Å²) in [5.74, 6) is 1.58. The number of hydrogen-bond donors (Lipinski definition) is 1. The lowest BCUT2D eigenvalue weighted by Gasteiger charge is -1.98. The van der Waals surface area contributed by atoms with E-state index in [4.69, 9.17) is 5.26 Å². The molecule has 42 valence electrons. The van der Waals surface area contributed by atoms with Crippen LogP contribution in [0.4, 0.5) is 0 Å². The van der Waals surface area contributed by atoms with Gasteiger partial charge in [-0.15, -0.1) is 0 Å². The fourth-order valence-electron chi connectivity index (χ4n) is 1.49. The van der Waals surface area contributed by atoms with Gasteiger partial charge in [-0.25, -0.2) is 0 Å². The average Bonchev–Trinajstić information content (AvgIpc) is 2.46. The lowest BCUT2D eigenvalue weighted by Crippen LogP contribution is -2.23. The third-order valence-electron chi connectivity index (χ3n) is 2.14. The molecule has 0 spiro atoms. The van der Waals surface area contributed by atoms with Gasteiger partial charge in [0, 0.05) is 0 Å². The van der Waals surface area contributed by atoms with Crippen LogP contribution in [-0.2, 0) is 0 Å². The summed E-state index contributed by atoms with van der Waals surface area (Å²) < 4.78 is 0. The summed E-state index contributed by atoms with van der Waals surface area (Å²) in [4.78, 5) is 0. The summed E-state index contributed by atoms with van der Waals surface area (Å²) in [5, 5.41) is 11.6. The molecule has 1 saturated carbocycles. The average molecular weight is 108 g/mol. The van der Waals surface area contributed by atoms with Crippen LogP contribution in [0.2, 0.25) is 0 Å². The summed E-state index contributed by atoms with van der Waals surface area (Å²) in [5.41, 5.74) is 0. The van der Waals surface area contributed by atoms with Crippen molar-refractivity contribution in [1.82, 2.24) is 5.32 Å². The van der Waals surface area contributed by atoms with Gasteiger partial charge in [-0.3, -0.25) is 0 Å². The molecule has 0 aromatic carbocycles. The number of fused-ring (bicyclic) bond motifs is 1. The largest absolute Gasteiger partial charge is 0.301 e. The van der Waals surface area contributed by atoms with E-state index in [0.717, 1.165) is 18.4 Å². The highest BCUT2D eigenvalue weighted by Crippen LogP contribution is 2.44. The highest BCUT2D eigenvalue weighted by atomic mass is 15.0. The number of piperidine rings is 1. The summed E-state index contributed by atoms with van der Waals surface area (Å²) in [7, 11) is 0. The molecule has 1 heterocycles. The van der Waals surface area contributed by atoms with Crippen molar-refractivity contribution in [3.8, 4) is 6.07 Å². The van der Waals surface area contributed by atoms with Crippen molar-refractivity contribution in [2.24, 2.45) is 11.8 Å². The molecule has 0 amide bonds. The van der Waals surface area contributed by atoms with Crippen LogP contribution >= 0.6 is 0 Å². The van der Waals surface area contributed by atoms with Crippen molar-refractivity contribution < 1.29 is 0 Å². The van der Waals surface area contributed by atoms with Gasteiger partial charge in [0.1, 0.15) is 0 Å². The van der Waals surface area contributed by atoms with Crippen LogP contribution in [0.5, 0.6) is 0 Å². The minimum absolute atomic E-state index is 0.194. The quantitative estimate of drug-likeness (QED) is 0.478. The van der Waals surface area contributed by atoms with E-state index in [9.17, 15) is 0 Å². The fraction of sp³-hybridized carbons (Fsp3) is 0.833. The number of nitrogens with zero attached hydrogens (tertiary/aromatic N) is 1. The second kappa shape index (κ2) is 1.24. The van der Waals surface area contributed by atoms with Gasteiger partial charge in [-0.05, 0) is 24.8 Å². The van der Waals surface area contributed by atoms with E-state index in [0.29, 0.717) is 0 Å². The molecule has 2 heteroatoms. The third-order valence-corrected chi connectivity index (χ3v) is 2.14. The van der Waals surface area contributed by atoms with Gasteiger partial charge >= 0.3 is 0 Å². The maximum absolute atomic E-state index is 8.45. The molecule has 0 bridgehead atoms. The minimum Gasteiger partial charge on any atom is -0.301 e. The van der Waals surface area contributed by atoms with Crippen molar-refractivity contribution in [3.05, 3.63) is 0 Å². The van der Waals surface area contributed by atoms with Gasteiger partial charge in [0.2, 0.25) is 0 Å². The fourth-order valence-corrected chi connectivity index (χ4v) is 1.49. The van der Waals surface area contributed by atoms with E-state index >= 15 is 0 Å². The molecule has 1 N–H and O–H groups in total. The van der Waals surface area contributed by atoms with Crippen LogP contribution in [-0.4, -0.2) is 12.6 Å². The number of nitriles is 1.